The summed E-state index contributed by atoms with van der Waals surface area (Å²) in [4.78, 5) is 16.0. The lowest BCUT2D eigenvalue weighted by Gasteiger charge is -2.12. The monoisotopic (exact) mass is 236 g/mol. The predicted octanol–water partition coefficient (Wildman–Crippen LogP) is 0.624. The number of carbonyl (C=O) groups is 1. The smallest absolute Gasteiger partial charge is 0.309 e. The van der Waals surface area contributed by atoms with Crippen LogP contribution in [0.2, 0.25) is 0 Å². The number of anilines is 1. The van der Waals surface area contributed by atoms with Gasteiger partial charge >= 0.3 is 5.97 Å². The largest absolute Gasteiger partial charge is 0.481 e. The molecule has 0 atom stereocenters. The lowest BCUT2D eigenvalue weighted by molar-refractivity contribution is -0.136. The van der Waals surface area contributed by atoms with Crippen molar-refractivity contribution in [1.82, 2.24) is 4.98 Å². The summed E-state index contributed by atoms with van der Waals surface area (Å²) in [7, 11) is 0. The van der Waals surface area contributed by atoms with E-state index in [1.165, 1.54) is 16.2 Å². The van der Waals surface area contributed by atoms with Crippen LogP contribution in [-0.2, 0) is 11.2 Å². The minimum Gasteiger partial charge on any atom is -0.481 e. The van der Waals surface area contributed by atoms with E-state index < -0.39 is 5.97 Å². The summed E-state index contributed by atoms with van der Waals surface area (Å²) in [5.74, 6) is -0.955. The minimum atomic E-state index is -0.955. The van der Waals surface area contributed by atoms with Crippen molar-refractivity contribution in [2.45, 2.75) is 6.42 Å². The van der Waals surface area contributed by atoms with E-state index in [-0.39, 0.29) is 19.5 Å². The van der Waals surface area contributed by atoms with Gasteiger partial charge in [-0.25, -0.2) is 4.98 Å². The van der Waals surface area contributed by atoms with Crippen molar-refractivity contribution in [2.24, 2.45) is 0 Å². The Balaban J connectivity index is 2.78. The number of carboxylic acid groups (broad SMARTS) is 1. The summed E-state index contributed by atoms with van der Waals surface area (Å²) in [6, 6.07) is 3.85. The Morgan fingerprint density at radius 3 is 2.62 bits per heavy atom. The molecular weight excluding hydrogens is 228 g/mol. The van der Waals surface area contributed by atoms with E-state index in [0.29, 0.717) is 10.8 Å². The molecule has 0 fully saturated rings. The zero-order valence-electron chi connectivity index (χ0n) is 8.25. The molecule has 0 saturated heterocycles. The van der Waals surface area contributed by atoms with Gasteiger partial charge in [0.05, 0.1) is 24.3 Å². The van der Waals surface area contributed by atoms with Crippen LogP contribution in [0, 0.1) is 22.7 Å². The Morgan fingerprint density at radius 1 is 1.50 bits per heavy atom. The van der Waals surface area contributed by atoms with Gasteiger partial charge in [0.2, 0.25) is 0 Å². The number of aromatic nitrogens is 1. The summed E-state index contributed by atoms with van der Waals surface area (Å²) in [6.45, 7) is 0.126. The maximum absolute atomic E-state index is 10.4. The second kappa shape index (κ2) is 5.69. The highest BCUT2D eigenvalue weighted by molar-refractivity contribution is 7.13. The summed E-state index contributed by atoms with van der Waals surface area (Å²) < 4.78 is 0. The fourth-order valence-corrected chi connectivity index (χ4v) is 1.87. The van der Waals surface area contributed by atoms with E-state index in [1.54, 1.807) is 5.38 Å². The summed E-state index contributed by atoms with van der Waals surface area (Å²) in [5.41, 5.74) is 0.438. The van der Waals surface area contributed by atoms with Crippen LogP contribution in [0.25, 0.3) is 0 Å². The van der Waals surface area contributed by atoms with Gasteiger partial charge in [0.15, 0.2) is 5.13 Å². The van der Waals surface area contributed by atoms with Crippen molar-refractivity contribution in [1.29, 1.82) is 10.5 Å². The zero-order valence-corrected chi connectivity index (χ0v) is 9.07. The molecule has 0 amide bonds. The van der Waals surface area contributed by atoms with E-state index in [1.807, 2.05) is 12.1 Å². The molecule has 0 aliphatic carbocycles. The van der Waals surface area contributed by atoms with Crippen LogP contribution < -0.4 is 4.90 Å². The van der Waals surface area contributed by atoms with Crippen molar-refractivity contribution in [2.75, 3.05) is 18.0 Å². The molecule has 0 aliphatic rings. The van der Waals surface area contributed by atoms with Gasteiger partial charge in [-0.15, -0.1) is 11.3 Å². The van der Waals surface area contributed by atoms with Gasteiger partial charge < -0.3 is 10.0 Å². The molecule has 16 heavy (non-hydrogen) atoms. The molecule has 0 aliphatic heterocycles. The molecule has 1 N–H and O–H groups in total. The van der Waals surface area contributed by atoms with Crippen LogP contribution in [0.15, 0.2) is 5.38 Å². The molecule has 82 valence electrons. The Labute approximate surface area is 96.0 Å². The van der Waals surface area contributed by atoms with Crippen molar-refractivity contribution in [3.05, 3.63) is 11.1 Å². The first-order chi connectivity index (χ1) is 7.67. The van der Waals surface area contributed by atoms with Crippen LogP contribution in [0.1, 0.15) is 5.69 Å². The first kappa shape index (κ1) is 12.0. The summed E-state index contributed by atoms with van der Waals surface area (Å²) in [5, 5.41) is 27.8. The molecule has 0 aromatic carbocycles. The number of hydrogen-bond acceptors (Lipinski definition) is 6. The molecule has 1 rings (SSSR count). The van der Waals surface area contributed by atoms with Gasteiger partial charge in [0.25, 0.3) is 0 Å². The van der Waals surface area contributed by atoms with Crippen molar-refractivity contribution in [3.63, 3.8) is 0 Å². The third-order valence-electron chi connectivity index (χ3n) is 1.67. The van der Waals surface area contributed by atoms with E-state index in [4.69, 9.17) is 15.6 Å². The normalized spacial score (nSPS) is 9.12. The Kier molecular flexibility index (Phi) is 4.25. The van der Waals surface area contributed by atoms with Gasteiger partial charge in [0, 0.05) is 5.38 Å². The van der Waals surface area contributed by atoms with Gasteiger partial charge in [-0.3, -0.25) is 4.79 Å². The van der Waals surface area contributed by atoms with E-state index in [0.717, 1.165) is 0 Å². The molecule has 0 spiro atoms. The first-order valence-electron chi connectivity index (χ1n) is 4.32. The third kappa shape index (κ3) is 3.23. The maximum Gasteiger partial charge on any atom is 0.309 e. The standard InChI is InChI=1S/C9H8N4O2S/c10-1-3-13(4-2-11)9-12-7(6-16-9)5-8(14)15/h6H,3-5H2,(H,14,15). The quantitative estimate of drug-likeness (QED) is 0.752. The molecular formula is C9H8N4O2S. The molecule has 0 radical (unpaired) electrons. The third-order valence-corrected chi connectivity index (χ3v) is 2.62. The van der Waals surface area contributed by atoms with Gasteiger partial charge in [-0.05, 0) is 0 Å². The highest BCUT2D eigenvalue weighted by Gasteiger charge is 2.11. The average molecular weight is 236 g/mol. The van der Waals surface area contributed by atoms with Crippen molar-refractivity contribution < 1.29 is 9.90 Å². The Bertz CT molecular complexity index is 441. The van der Waals surface area contributed by atoms with Crippen molar-refractivity contribution in [3.8, 4) is 12.1 Å². The lowest BCUT2D eigenvalue weighted by Crippen LogP contribution is -2.23. The number of thiazole rings is 1. The van der Waals surface area contributed by atoms with E-state index in [2.05, 4.69) is 4.98 Å². The topological polar surface area (TPSA) is 101 Å². The van der Waals surface area contributed by atoms with E-state index in [9.17, 15) is 4.79 Å². The predicted molar refractivity (Wildman–Crippen MR) is 56.9 cm³/mol. The minimum absolute atomic E-state index is 0.0631. The maximum atomic E-state index is 10.4. The fourth-order valence-electron chi connectivity index (χ4n) is 1.04. The number of nitrogens with zero attached hydrogens (tertiary/aromatic N) is 4. The summed E-state index contributed by atoms with van der Waals surface area (Å²) >= 11 is 1.23. The molecule has 0 bridgehead atoms. The zero-order chi connectivity index (χ0) is 12.0. The van der Waals surface area contributed by atoms with Gasteiger partial charge in [-0.2, -0.15) is 10.5 Å². The summed E-state index contributed by atoms with van der Waals surface area (Å²) in [6.07, 6.45) is -0.149. The molecule has 1 aromatic heterocycles. The fraction of sp³-hybridized carbons (Fsp3) is 0.333. The van der Waals surface area contributed by atoms with Crippen LogP contribution in [0.5, 0.6) is 0 Å². The molecule has 1 aromatic rings. The second-order valence-corrected chi connectivity index (χ2v) is 3.70. The lowest BCUT2D eigenvalue weighted by atomic mass is 10.3. The van der Waals surface area contributed by atoms with Crippen LogP contribution in [0.3, 0.4) is 0 Å². The number of carboxylic acids is 1. The second-order valence-electron chi connectivity index (χ2n) is 2.86. The first-order valence-corrected chi connectivity index (χ1v) is 5.20. The van der Waals surface area contributed by atoms with Crippen LogP contribution in [-0.4, -0.2) is 29.1 Å². The number of aliphatic carboxylic acids is 1. The number of rotatable bonds is 5. The van der Waals surface area contributed by atoms with Crippen molar-refractivity contribution >= 4 is 22.4 Å². The molecule has 0 saturated carbocycles. The molecule has 6 nitrogen and oxygen atoms in total. The Hall–Kier alpha value is -2.12. The van der Waals surface area contributed by atoms with E-state index >= 15 is 0 Å². The van der Waals surface area contributed by atoms with Crippen LogP contribution >= 0.6 is 11.3 Å². The Morgan fingerprint density at radius 2 is 2.12 bits per heavy atom. The average Bonchev–Trinajstić information content (AvgIpc) is 2.65. The number of nitriles is 2. The molecule has 0 unspecified atom stereocenters. The number of hydrogen-bond donors (Lipinski definition) is 1. The highest BCUT2D eigenvalue weighted by atomic mass is 32.1. The highest BCUT2D eigenvalue weighted by Crippen LogP contribution is 2.20. The molecule has 1 heterocycles. The van der Waals surface area contributed by atoms with Crippen LogP contribution in [0.4, 0.5) is 5.13 Å². The SMILES string of the molecule is N#CCN(CC#N)c1nc(CC(=O)O)cs1. The van der Waals surface area contributed by atoms with Gasteiger partial charge in [-0.1, -0.05) is 0 Å². The van der Waals surface area contributed by atoms with Gasteiger partial charge in [0.1, 0.15) is 13.1 Å². The molecule has 7 heteroatoms.